The molecule has 0 aliphatic carbocycles. The zero-order chi connectivity index (χ0) is 21.7. The molecule has 0 saturated carbocycles. The number of hydrogen-bond acceptors (Lipinski definition) is 5. The highest BCUT2D eigenvalue weighted by molar-refractivity contribution is 7.92. The van der Waals surface area contributed by atoms with Crippen molar-refractivity contribution in [2.75, 3.05) is 17.1 Å². The van der Waals surface area contributed by atoms with E-state index in [0.29, 0.717) is 16.8 Å². The third-order valence-electron chi connectivity index (χ3n) is 4.42. The zero-order valence-corrected chi connectivity index (χ0v) is 17.2. The van der Waals surface area contributed by atoms with Crippen LogP contribution in [0.3, 0.4) is 0 Å². The van der Waals surface area contributed by atoms with Gasteiger partial charge >= 0.3 is 5.97 Å². The molecule has 7 nitrogen and oxygen atoms in total. The Morgan fingerprint density at radius 2 is 1.60 bits per heavy atom. The van der Waals surface area contributed by atoms with Gasteiger partial charge in [-0.25, -0.2) is 13.2 Å². The summed E-state index contributed by atoms with van der Waals surface area (Å²) >= 11 is 0. The summed E-state index contributed by atoms with van der Waals surface area (Å²) in [6, 6.07) is 19.0. The van der Waals surface area contributed by atoms with E-state index >= 15 is 0 Å². The van der Waals surface area contributed by atoms with Crippen molar-refractivity contribution >= 4 is 33.3 Å². The Hall–Kier alpha value is -3.65. The fraction of sp³-hybridized carbons (Fsp3) is 0.0909. The second-order valence-corrected chi connectivity index (χ2v) is 8.11. The van der Waals surface area contributed by atoms with Crippen LogP contribution in [0.25, 0.3) is 0 Å². The van der Waals surface area contributed by atoms with Crippen molar-refractivity contribution in [2.45, 2.75) is 11.8 Å². The van der Waals surface area contributed by atoms with Crippen molar-refractivity contribution in [1.29, 1.82) is 0 Å². The third kappa shape index (κ3) is 4.66. The fourth-order valence-corrected chi connectivity index (χ4v) is 3.90. The summed E-state index contributed by atoms with van der Waals surface area (Å²) in [4.78, 5) is 24.7. The highest BCUT2D eigenvalue weighted by Gasteiger charge is 2.16. The lowest BCUT2D eigenvalue weighted by Crippen LogP contribution is -2.16. The Morgan fingerprint density at radius 1 is 0.900 bits per heavy atom. The SMILES string of the molecule is COC(=O)c1cccc(NC(=O)c2cccc(NS(=O)(=O)c3ccccc3)c2)c1C. The van der Waals surface area contributed by atoms with Gasteiger partial charge in [0.1, 0.15) is 0 Å². The summed E-state index contributed by atoms with van der Waals surface area (Å²) in [5, 5.41) is 2.74. The summed E-state index contributed by atoms with van der Waals surface area (Å²) in [6.45, 7) is 1.70. The Kier molecular flexibility index (Phi) is 6.17. The zero-order valence-electron chi connectivity index (χ0n) is 16.4. The van der Waals surface area contributed by atoms with Gasteiger partial charge in [0.05, 0.1) is 17.6 Å². The molecule has 8 heteroatoms. The number of ether oxygens (including phenoxy) is 1. The van der Waals surface area contributed by atoms with Crippen molar-refractivity contribution < 1.29 is 22.7 Å². The summed E-state index contributed by atoms with van der Waals surface area (Å²) < 4.78 is 32.2. The molecule has 0 spiro atoms. The molecule has 3 rings (SSSR count). The Morgan fingerprint density at radius 3 is 2.30 bits per heavy atom. The van der Waals surface area contributed by atoms with E-state index in [1.165, 1.54) is 25.3 Å². The van der Waals surface area contributed by atoms with Crippen molar-refractivity contribution in [1.82, 2.24) is 0 Å². The van der Waals surface area contributed by atoms with E-state index in [4.69, 9.17) is 4.74 Å². The van der Waals surface area contributed by atoms with E-state index in [0.717, 1.165) is 0 Å². The minimum Gasteiger partial charge on any atom is -0.465 e. The predicted molar refractivity (Wildman–Crippen MR) is 114 cm³/mol. The lowest BCUT2D eigenvalue weighted by molar-refractivity contribution is 0.0599. The van der Waals surface area contributed by atoms with E-state index in [1.807, 2.05) is 0 Å². The van der Waals surface area contributed by atoms with Gasteiger partial charge in [-0.15, -0.1) is 0 Å². The Labute approximate surface area is 174 Å². The normalized spacial score (nSPS) is 10.9. The van der Waals surface area contributed by atoms with Crippen LogP contribution in [-0.4, -0.2) is 27.4 Å². The second-order valence-electron chi connectivity index (χ2n) is 6.42. The number of sulfonamides is 1. The number of carbonyl (C=O) groups excluding carboxylic acids is 2. The van der Waals surface area contributed by atoms with E-state index in [-0.39, 0.29) is 16.1 Å². The molecule has 0 aromatic heterocycles. The second kappa shape index (κ2) is 8.79. The van der Waals surface area contributed by atoms with E-state index in [9.17, 15) is 18.0 Å². The molecule has 0 aliphatic heterocycles. The summed E-state index contributed by atoms with van der Waals surface area (Å²) in [7, 11) is -2.49. The van der Waals surface area contributed by atoms with Crippen LogP contribution in [0.15, 0.2) is 77.7 Å². The molecule has 0 heterocycles. The highest BCUT2D eigenvalue weighted by Crippen LogP contribution is 2.22. The summed E-state index contributed by atoms with van der Waals surface area (Å²) in [5.74, 6) is -0.943. The molecule has 3 aromatic rings. The molecular weight excluding hydrogens is 404 g/mol. The van der Waals surface area contributed by atoms with Gasteiger partial charge < -0.3 is 10.1 Å². The Bertz CT molecular complexity index is 1190. The quantitative estimate of drug-likeness (QED) is 0.586. The van der Waals surface area contributed by atoms with Crippen LogP contribution < -0.4 is 10.0 Å². The molecule has 0 bridgehead atoms. The van der Waals surface area contributed by atoms with Crippen LogP contribution in [0.2, 0.25) is 0 Å². The molecule has 0 unspecified atom stereocenters. The molecule has 154 valence electrons. The number of nitrogens with one attached hydrogen (secondary N) is 2. The average molecular weight is 424 g/mol. The number of rotatable bonds is 6. The molecule has 2 N–H and O–H groups in total. The molecule has 1 amide bonds. The van der Waals surface area contributed by atoms with Gasteiger partial charge in [0, 0.05) is 16.9 Å². The van der Waals surface area contributed by atoms with Crippen molar-refractivity contribution in [2.24, 2.45) is 0 Å². The fourth-order valence-electron chi connectivity index (χ4n) is 2.83. The standard InChI is InChI=1S/C22H20N2O5S/c1-15-19(22(26)29-2)12-7-13-20(15)23-21(25)16-8-6-9-17(14-16)24-30(27,28)18-10-4-3-5-11-18/h3-14,24H,1-2H3,(H,23,25). The topological polar surface area (TPSA) is 102 Å². The number of esters is 1. The maximum Gasteiger partial charge on any atom is 0.338 e. The van der Waals surface area contributed by atoms with Crippen molar-refractivity contribution in [3.05, 3.63) is 89.5 Å². The number of benzene rings is 3. The number of amides is 1. The minimum absolute atomic E-state index is 0.120. The average Bonchev–Trinajstić information content (AvgIpc) is 2.75. The molecule has 0 atom stereocenters. The largest absolute Gasteiger partial charge is 0.465 e. The first-order valence-corrected chi connectivity index (χ1v) is 10.5. The van der Waals surface area contributed by atoms with Gasteiger partial charge in [0.2, 0.25) is 0 Å². The van der Waals surface area contributed by atoms with Crippen molar-refractivity contribution in [3.63, 3.8) is 0 Å². The lowest BCUT2D eigenvalue weighted by Gasteiger charge is -2.12. The first-order valence-electron chi connectivity index (χ1n) is 8.99. The van der Waals surface area contributed by atoms with E-state index < -0.39 is 21.9 Å². The maximum absolute atomic E-state index is 12.7. The van der Waals surface area contributed by atoms with Crippen LogP contribution >= 0.6 is 0 Å². The van der Waals surface area contributed by atoms with Gasteiger partial charge in [-0.05, 0) is 55.0 Å². The summed E-state index contributed by atoms with van der Waals surface area (Å²) in [5.41, 5.74) is 1.88. The molecular formula is C22H20N2O5S. The number of anilines is 2. The molecule has 30 heavy (non-hydrogen) atoms. The molecule has 0 fully saturated rings. The van der Waals surface area contributed by atoms with Gasteiger partial charge in [-0.3, -0.25) is 9.52 Å². The van der Waals surface area contributed by atoms with Crippen LogP contribution in [0.4, 0.5) is 11.4 Å². The van der Waals surface area contributed by atoms with Crippen LogP contribution in [0, 0.1) is 6.92 Å². The third-order valence-corrected chi connectivity index (χ3v) is 5.81. The Balaban J connectivity index is 1.81. The first-order chi connectivity index (χ1) is 14.3. The number of hydrogen-bond donors (Lipinski definition) is 2. The van der Waals surface area contributed by atoms with Gasteiger partial charge in [0.25, 0.3) is 15.9 Å². The van der Waals surface area contributed by atoms with Gasteiger partial charge in [-0.1, -0.05) is 30.3 Å². The van der Waals surface area contributed by atoms with Crippen LogP contribution in [-0.2, 0) is 14.8 Å². The summed E-state index contributed by atoms with van der Waals surface area (Å²) in [6.07, 6.45) is 0. The number of methoxy groups -OCH3 is 1. The molecule has 0 aliphatic rings. The molecule has 0 radical (unpaired) electrons. The smallest absolute Gasteiger partial charge is 0.338 e. The predicted octanol–water partition coefficient (Wildman–Crippen LogP) is 3.83. The van der Waals surface area contributed by atoms with Gasteiger partial charge in [-0.2, -0.15) is 0 Å². The molecule has 3 aromatic carbocycles. The molecule has 0 saturated heterocycles. The monoisotopic (exact) mass is 424 g/mol. The van der Waals surface area contributed by atoms with Crippen molar-refractivity contribution in [3.8, 4) is 0 Å². The van der Waals surface area contributed by atoms with Crippen LogP contribution in [0.1, 0.15) is 26.3 Å². The van der Waals surface area contributed by atoms with Gasteiger partial charge in [0.15, 0.2) is 0 Å². The maximum atomic E-state index is 12.7. The van der Waals surface area contributed by atoms with Crippen LogP contribution in [0.5, 0.6) is 0 Å². The lowest BCUT2D eigenvalue weighted by atomic mass is 10.1. The van der Waals surface area contributed by atoms with E-state index in [1.54, 1.807) is 61.5 Å². The highest BCUT2D eigenvalue weighted by atomic mass is 32.2. The minimum atomic E-state index is -3.77. The number of carbonyl (C=O) groups is 2. The first kappa shape index (κ1) is 21.1. The van der Waals surface area contributed by atoms with E-state index in [2.05, 4.69) is 10.0 Å².